The summed E-state index contributed by atoms with van der Waals surface area (Å²) in [5.41, 5.74) is -0.932. The maximum Gasteiger partial charge on any atom is 0.419 e. The number of benzene rings is 1. The smallest absolute Gasteiger partial charge is 0.419 e. The quantitative estimate of drug-likeness (QED) is 0.842. The molecule has 6 nitrogen and oxygen atoms in total. The van der Waals surface area contributed by atoms with Gasteiger partial charge in [0.1, 0.15) is 5.75 Å². The maximum absolute atomic E-state index is 12.9. The number of amides is 1. The van der Waals surface area contributed by atoms with Crippen molar-refractivity contribution in [2.75, 3.05) is 26.0 Å². The van der Waals surface area contributed by atoms with Crippen molar-refractivity contribution in [2.24, 2.45) is 0 Å². The van der Waals surface area contributed by atoms with Crippen LogP contribution in [0.5, 0.6) is 5.75 Å². The number of ether oxygens (including phenoxy) is 1. The second kappa shape index (κ2) is 7.61. The highest BCUT2D eigenvalue weighted by molar-refractivity contribution is 7.88. The number of halogens is 3. The van der Waals surface area contributed by atoms with Crippen LogP contribution in [0.3, 0.4) is 0 Å². The molecule has 0 bridgehead atoms. The van der Waals surface area contributed by atoms with Crippen LogP contribution in [-0.4, -0.2) is 51.2 Å². The van der Waals surface area contributed by atoms with E-state index in [1.165, 1.54) is 23.1 Å². The molecule has 1 heterocycles. The molecule has 2 rings (SSSR count). The third-order valence-corrected chi connectivity index (χ3v) is 4.53. The Balaban J connectivity index is 1.88. The topological polar surface area (TPSA) is 75.7 Å². The molecule has 10 heteroatoms. The standard InChI is InChI=1S/C15H19F3N2O4S/c1-25(22,23)19-11-6-8-20(9-7-11)14(21)10-24-13-5-3-2-4-12(13)15(16,17)18/h2-5,11,19H,6-10H2,1H3. The molecule has 0 atom stereocenters. The van der Waals surface area contributed by atoms with Crippen LogP contribution in [0.1, 0.15) is 18.4 Å². The van der Waals surface area contributed by atoms with Gasteiger partial charge in [0.2, 0.25) is 10.0 Å². The van der Waals surface area contributed by atoms with E-state index in [0.717, 1.165) is 12.3 Å². The number of likely N-dealkylation sites (tertiary alicyclic amines) is 1. The fraction of sp³-hybridized carbons (Fsp3) is 0.533. The van der Waals surface area contributed by atoms with Crippen molar-refractivity contribution in [3.63, 3.8) is 0 Å². The third kappa shape index (κ3) is 5.89. The summed E-state index contributed by atoms with van der Waals surface area (Å²) in [6.07, 6.45) is -2.61. The summed E-state index contributed by atoms with van der Waals surface area (Å²) in [5, 5.41) is 0. The minimum atomic E-state index is -4.56. The predicted octanol–water partition coefficient (Wildman–Crippen LogP) is 1.62. The Morgan fingerprint density at radius 1 is 1.28 bits per heavy atom. The average Bonchev–Trinajstić information content (AvgIpc) is 2.51. The normalized spacial score (nSPS) is 16.7. The van der Waals surface area contributed by atoms with Crippen molar-refractivity contribution in [2.45, 2.75) is 25.1 Å². The van der Waals surface area contributed by atoms with Gasteiger partial charge in [-0.25, -0.2) is 13.1 Å². The zero-order chi connectivity index (χ0) is 18.7. The number of nitrogens with zero attached hydrogens (tertiary/aromatic N) is 1. The molecule has 1 aliphatic heterocycles. The van der Waals surface area contributed by atoms with Gasteiger partial charge in [-0.1, -0.05) is 12.1 Å². The molecule has 1 aliphatic rings. The van der Waals surface area contributed by atoms with Gasteiger partial charge < -0.3 is 9.64 Å². The lowest BCUT2D eigenvalue weighted by atomic mass is 10.1. The SMILES string of the molecule is CS(=O)(=O)NC1CCN(C(=O)COc2ccccc2C(F)(F)F)CC1. The Hall–Kier alpha value is -1.81. The van der Waals surface area contributed by atoms with Gasteiger partial charge in [0.15, 0.2) is 6.61 Å². The molecule has 0 spiro atoms. The molecule has 0 aromatic heterocycles. The summed E-state index contributed by atoms with van der Waals surface area (Å²) in [6.45, 7) is 0.129. The van der Waals surface area contributed by atoms with E-state index in [4.69, 9.17) is 4.74 Å². The second-order valence-electron chi connectivity index (χ2n) is 5.83. The molecule has 140 valence electrons. The van der Waals surface area contributed by atoms with Crippen molar-refractivity contribution < 1.29 is 31.1 Å². The monoisotopic (exact) mass is 380 g/mol. The molecule has 25 heavy (non-hydrogen) atoms. The Labute approximate surface area is 144 Å². The van der Waals surface area contributed by atoms with Gasteiger partial charge in [-0.2, -0.15) is 13.2 Å². The first-order valence-corrected chi connectivity index (χ1v) is 9.49. The molecular weight excluding hydrogens is 361 g/mol. The first-order chi connectivity index (χ1) is 11.6. The second-order valence-corrected chi connectivity index (χ2v) is 7.61. The highest BCUT2D eigenvalue weighted by Gasteiger charge is 2.34. The van der Waals surface area contributed by atoms with Crippen molar-refractivity contribution in [1.29, 1.82) is 0 Å². The highest BCUT2D eigenvalue weighted by atomic mass is 32.2. The number of nitrogens with one attached hydrogen (secondary N) is 1. The molecule has 1 aromatic carbocycles. The summed E-state index contributed by atoms with van der Waals surface area (Å²) < 4.78 is 68.5. The molecule has 1 aromatic rings. The molecule has 0 radical (unpaired) electrons. The first-order valence-electron chi connectivity index (χ1n) is 7.60. The Morgan fingerprint density at radius 2 is 1.88 bits per heavy atom. The zero-order valence-corrected chi connectivity index (χ0v) is 14.4. The lowest BCUT2D eigenvalue weighted by molar-refractivity contribution is -0.141. The molecule has 1 saturated heterocycles. The highest BCUT2D eigenvalue weighted by Crippen LogP contribution is 2.35. The summed E-state index contributed by atoms with van der Waals surface area (Å²) in [7, 11) is -3.31. The van der Waals surface area contributed by atoms with Crippen LogP contribution in [0.25, 0.3) is 0 Å². The number of carbonyl (C=O) groups is 1. The summed E-state index contributed by atoms with van der Waals surface area (Å²) >= 11 is 0. The van der Waals surface area contributed by atoms with Crippen LogP contribution in [0.15, 0.2) is 24.3 Å². The number of sulfonamides is 1. The van der Waals surface area contributed by atoms with E-state index in [0.29, 0.717) is 25.9 Å². The van der Waals surface area contributed by atoms with Crippen LogP contribution in [0.2, 0.25) is 0 Å². The maximum atomic E-state index is 12.9. The molecule has 1 amide bonds. The lowest BCUT2D eigenvalue weighted by Crippen LogP contribution is -2.47. The number of alkyl halides is 3. The average molecular weight is 380 g/mol. The van der Waals surface area contributed by atoms with Crippen LogP contribution in [0.4, 0.5) is 13.2 Å². The lowest BCUT2D eigenvalue weighted by Gasteiger charge is -2.32. The fourth-order valence-corrected chi connectivity index (χ4v) is 3.45. The Bertz CT molecular complexity index is 714. The van der Waals surface area contributed by atoms with E-state index < -0.39 is 40.0 Å². The summed E-state index contributed by atoms with van der Waals surface area (Å²) in [4.78, 5) is 13.6. The summed E-state index contributed by atoms with van der Waals surface area (Å²) in [5.74, 6) is -0.827. The first kappa shape index (κ1) is 19.5. The van der Waals surface area contributed by atoms with Crippen LogP contribution >= 0.6 is 0 Å². The number of carbonyl (C=O) groups excluding carboxylic acids is 1. The van der Waals surface area contributed by atoms with Crippen LogP contribution in [0, 0.1) is 0 Å². The summed E-state index contributed by atoms with van der Waals surface area (Å²) in [6, 6.07) is 4.46. The van der Waals surface area contributed by atoms with Gasteiger partial charge in [0.25, 0.3) is 5.91 Å². The number of hydrogen-bond acceptors (Lipinski definition) is 4. The number of rotatable bonds is 5. The molecule has 1 N–H and O–H groups in total. The number of hydrogen-bond donors (Lipinski definition) is 1. The molecule has 0 unspecified atom stereocenters. The third-order valence-electron chi connectivity index (χ3n) is 3.77. The van der Waals surface area contributed by atoms with E-state index in [9.17, 15) is 26.4 Å². The number of para-hydroxylation sites is 1. The largest absolute Gasteiger partial charge is 0.483 e. The minimum Gasteiger partial charge on any atom is -0.483 e. The fourth-order valence-electron chi connectivity index (χ4n) is 2.61. The molecule has 1 fully saturated rings. The van der Waals surface area contributed by atoms with Gasteiger partial charge in [-0.05, 0) is 25.0 Å². The molecule has 0 saturated carbocycles. The van der Waals surface area contributed by atoms with Crippen molar-refractivity contribution in [1.82, 2.24) is 9.62 Å². The van der Waals surface area contributed by atoms with Crippen molar-refractivity contribution >= 4 is 15.9 Å². The minimum absolute atomic E-state index is 0.245. The van der Waals surface area contributed by atoms with Gasteiger partial charge in [-0.15, -0.1) is 0 Å². The van der Waals surface area contributed by atoms with Crippen molar-refractivity contribution in [3.8, 4) is 5.75 Å². The van der Waals surface area contributed by atoms with E-state index in [-0.39, 0.29) is 6.04 Å². The number of piperidine rings is 1. The van der Waals surface area contributed by atoms with Crippen molar-refractivity contribution in [3.05, 3.63) is 29.8 Å². The van der Waals surface area contributed by atoms with Crippen LogP contribution < -0.4 is 9.46 Å². The van der Waals surface area contributed by atoms with E-state index >= 15 is 0 Å². The Morgan fingerprint density at radius 3 is 2.44 bits per heavy atom. The van der Waals surface area contributed by atoms with Gasteiger partial charge in [-0.3, -0.25) is 4.79 Å². The van der Waals surface area contributed by atoms with Gasteiger partial charge >= 0.3 is 6.18 Å². The van der Waals surface area contributed by atoms with Gasteiger partial charge in [0, 0.05) is 19.1 Å². The van der Waals surface area contributed by atoms with Crippen LogP contribution in [-0.2, 0) is 21.0 Å². The van der Waals surface area contributed by atoms with E-state index in [2.05, 4.69) is 4.72 Å². The zero-order valence-electron chi connectivity index (χ0n) is 13.5. The predicted molar refractivity (Wildman–Crippen MR) is 84.5 cm³/mol. The molecule has 0 aliphatic carbocycles. The Kier molecular flexibility index (Phi) is 5.94. The molecular formula is C15H19F3N2O4S. The van der Waals surface area contributed by atoms with E-state index in [1.54, 1.807) is 0 Å². The van der Waals surface area contributed by atoms with E-state index in [1.807, 2.05) is 0 Å². The van der Waals surface area contributed by atoms with Gasteiger partial charge in [0.05, 0.1) is 11.8 Å².